The van der Waals surface area contributed by atoms with Crippen LogP contribution in [0.25, 0.3) is 0 Å². The van der Waals surface area contributed by atoms with E-state index in [0.717, 1.165) is 0 Å². The average Bonchev–Trinajstić information content (AvgIpc) is 2.29. The predicted octanol–water partition coefficient (Wildman–Crippen LogP) is 1.77. The lowest BCUT2D eigenvalue weighted by Gasteiger charge is -2.20. The highest BCUT2D eigenvalue weighted by Crippen LogP contribution is 2.23. The standard InChI is InChI=1S/C12H18N2O2S/c1-4-9-14(5-2)17(15,16)12-8-6-7-11(13)10(12)3/h4,6-8H,1,5,9,13H2,2-3H3. The van der Waals surface area contributed by atoms with E-state index >= 15 is 0 Å². The van der Waals surface area contributed by atoms with Gasteiger partial charge < -0.3 is 5.73 Å². The molecule has 1 aromatic rings. The third-order valence-corrected chi connectivity index (χ3v) is 4.71. The van der Waals surface area contributed by atoms with Crippen LogP contribution in [-0.2, 0) is 10.0 Å². The molecule has 0 atom stereocenters. The number of nitrogens with zero attached hydrogens (tertiary/aromatic N) is 1. The number of rotatable bonds is 5. The first-order valence-electron chi connectivity index (χ1n) is 5.41. The summed E-state index contributed by atoms with van der Waals surface area (Å²) in [7, 11) is -3.48. The number of sulfonamides is 1. The first-order valence-corrected chi connectivity index (χ1v) is 6.85. The predicted molar refractivity (Wildman–Crippen MR) is 70.2 cm³/mol. The van der Waals surface area contributed by atoms with E-state index < -0.39 is 10.0 Å². The molecule has 17 heavy (non-hydrogen) atoms. The van der Waals surface area contributed by atoms with Crippen molar-refractivity contribution in [2.24, 2.45) is 0 Å². The van der Waals surface area contributed by atoms with E-state index in [2.05, 4.69) is 6.58 Å². The Morgan fingerprint density at radius 1 is 1.47 bits per heavy atom. The second-order valence-electron chi connectivity index (χ2n) is 3.71. The molecule has 94 valence electrons. The molecule has 0 bridgehead atoms. The van der Waals surface area contributed by atoms with Crippen LogP contribution >= 0.6 is 0 Å². The molecule has 0 aliphatic heterocycles. The fourth-order valence-electron chi connectivity index (χ4n) is 1.59. The third-order valence-electron chi connectivity index (χ3n) is 2.63. The highest BCUT2D eigenvalue weighted by atomic mass is 32.2. The summed E-state index contributed by atoms with van der Waals surface area (Å²) in [5.74, 6) is 0. The van der Waals surface area contributed by atoms with Gasteiger partial charge in [0, 0.05) is 18.8 Å². The van der Waals surface area contributed by atoms with E-state index in [1.54, 1.807) is 38.1 Å². The van der Waals surface area contributed by atoms with Gasteiger partial charge in [-0.2, -0.15) is 4.31 Å². The van der Waals surface area contributed by atoms with E-state index in [1.807, 2.05) is 0 Å². The van der Waals surface area contributed by atoms with Crippen molar-refractivity contribution in [1.82, 2.24) is 4.31 Å². The Labute approximate surface area is 103 Å². The van der Waals surface area contributed by atoms with Crippen LogP contribution in [0.2, 0.25) is 0 Å². The van der Waals surface area contributed by atoms with Crippen molar-refractivity contribution >= 4 is 15.7 Å². The van der Waals surface area contributed by atoms with Crippen LogP contribution in [0.3, 0.4) is 0 Å². The molecule has 0 saturated carbocycles. The van der Waals surface area contributed by atoms with Crippen LogP contribution in [0.4, 0.5) is 5.69 Å². The Hall–Kier alpha value is -1.33. The largest absolute Gasteiger partial charge is 0.398 e. The maximum Gasteiger partial charge on any atom is 0.243 e. The minimum Gasteiger partial charge on any atom is -0.398 e. The highest BCUT2D eigenvalue weighted by molar-refractivity contribution is 7.89. The van der Waals surface area contributed by atoms with Gasteiger partial charge in [0.25, 0.3) is 0 Å². The molecule has 0 amide bonds. The Bertz CT molecular complexity index is 509. The van der Waals surface area contributed by atoms with Crippen molar-refractivity contribution in [2.75, 3.05) is 18.8 Å². The van der Waals surface area contributed by atoms with Gasteiger partial charge in [-0.25, -0.2) is 8.42 Å². The van der Waals surface area contributed by atoms with Crippen LogP contribution in [0.1, 0.15) is 12.5 Å². The first kappa shape index (κ1) is 13.7. The summed E-state index contributed by atoms with van der Waals surface area (Å²) in [5.41, 5.74) is 6.81. The Kier molecular flexibility index (Phi) is 4.31. The summed E-state index contributed by atoms with van der Waals surface area (Å²) < 4.78 is 26.1. The second-order valence-corrected chi connectivity index (χ2v) is 5.62. The van der Waals surface area contributed by atoms with Crippen molar-refractivity contribution in [3.05, 3.63) is 36.4 Å². The van der Waals surface area contributed by atoms with Crippen molar-refractivity contribution < 1.29 is 8.42 Å². The molecule has 4 nitrogen and oxygen atoms in total. The molecule has 0 saturated heterocycles. The first-order chi connectivity index (χ1) is 7.95. The van der Waals surface area contributed by atoms with Gasteiger partial charge in [0.1, 0.15) is 0 Å². The molecule has 5 heteroatoms. The number of nitrogens with two attached hydrogens (primary N) is 1. The lowest BCUT2D eigenvalue weighted by atomic mass is 10.2. The summed E-state index contributed by atoms with van der Waals surface area (Å²) in [6.07, 6.45) is 1.57. The van der Waals surface area contributed by atoms with Gasteiger partial charge in [-0.05, 0) is 24.6 Å². The summed E-state index contributed by atoms with van der Waals surface area (Å²) >= 11 is 0. The van der Waals surface area contributed by atoms with Crippen molar-refractivity contribution in [3.63, 3.8) is 0 Å². The molecule has 0 fully saturated rings. The van der Waals surface area contributed by atoms with Crippen LogP contribution in [-0.4, -0.2) is 25.8 Å². The Balaban J connectivity index is 3.30. The maximum atomic E-state index is 12.3. The van der Waals surface area contributed by atoms with E-state index in [9.17, 15) is 8.42 Å². The van der Waals surface area contributed by atoms with Gasteiger partial charge in [0.05, 0.1) is 4.90 Å². The molecule has 0 spiro atoms. The van der Waals surface area contributed by atoms with Gasteiger partial charge in [-0.15, -0.1) is 6.58 Å². The summed E-state index contributed by atoms with van der Waals surface area (Å²) in [5, 5.41) is 0. The zero-order valence-electron chi connectivity index (χ0n) is 10.2. The molecular weight excluding hydrogens is 236 g/mol. The number of nitrogen functional groups attached to an aromatic ring is 1. The SMILES string of the molecule is C=CCN(CC)S(=O)(=O)c1cccc(N)c1C. The van der Waals surface area contributed by atoms with Crippen LogP contribution in [0.5, 0.6) is 0 Å². The fourth-order valence-corrected chi connectivity index (χ4v) is 3.27. The van der Waals surface area contributed by atoms with Gasteiger partial charge in [0.2, 0.25) is 10.0 Å². The lowest BCUT2D eigenvalue weighted by Crippen LogP contribution is -2.31. The summed E-state index contributed by atoms with van der Waals surface area (Å²) in [6.45, 7) is 7.78. The van der Waals surface area contributed by atoms with E-state index in [1.165, 1.54) is 4.31 Å². The van der Waals surface area contributed by atoms with Crippen LogP contribution < -0.4 is 5.73 Å². The number of anilines is 1. The van der Waals surface area contributed by atoms with Crippen LogP contribution in [0, 0.1) is 6.92 Å². The molecule has 0 radical (unpaired) electrons. The average molecular weight is 254 g/mol. The van der Waals surface area contributed by atoms with Crippen LogP contribution in [0.15, 0.2) is 35.7 Å². The topological polar surface area (TPSA) is 63.4 Å². The monoisotopic (exact) mass is 254 g/mol. The molecule has 0 aromatic heterocycles. The lowest BCUT2D eigenvalue weighted by molar-refractivity contribution is 0.459. The molecule has 0 aliphatic carbocycles. The van der Waals surface area contributed by atoms with Crippen molar-refractivity contribution in [3.8, 4) is 0 Å². The molecule has 0 unspecified atom stereocenters. The summed E-state index contributed by atoms with van der Waals surface area (Å²) in [4.78, 5) is 0.265. The minimum atomic E-state index is -3.48. The molecule has 1 aromatic carbocycles. The zero-order valence-corrected chi connectivity index (χ0v) is 11.0. The van der Waals surface area contributed by atoms with Crippen molar-refractivity contribution in [1.29, 1.82) is 0 Å². The Morgan fingerprint density at radius 3 is 2.65 bits per heavy atom. The number of benzene rings is 1. The van der Waals surface area contributed by atoms with E-state index in [4.69, 9.17) is 5.73 Å². The second kappa shape index (κ2) is 5.33. The molecular formula is C12H18N2O2S. The van der Waals surface area contributed by atoms with E-state index in [0.29, 0.717) is 24.3 Å². The quantitative estimate of drug-likeness (QED) is 0.643. The minimum absolute atomic E-state index is 0.265. The fraction of sp³-hybridized carbons (Fsp3) is 0.333. The van der Waals surface area contributed by atoms with Gasteiger partial charge in [-0.1, -0.05) is 19.1 Å². The smallest absolute Gasteiger partial charge is 0.243 e. The van der Waals surface area contributed by atoms with Crippen molar-refractivity contribution in [2.45, 2.75) is 18.7 Å². The highest BCUT2D eigenvalue weighted by Gasteiger charge is 2.24. The third kappa shape index (κ3) is 2.68. The Morgan fingerprint density at radius 2 is 2.12 bits per heavy atom. The zero-order chi connectivity index (χ0) is 13.1. The van der Waals surface area contributed by atoms with Gasteiger partial charge in [-0.3, -0.25) is 0 Å². The molecule has 0 aliphatic rings. The maximum absolute atomic E-state index is 12.3. The van der Waals surface area contributed by atoms with E-state index in [-0.39, 0.29) is 4.90 Å². The van der Waals surface area contributed by atoms with Gasteiger partial charge in [0.15, 0.2) is 0 Å². The number of likely N-dealkylation sites (N-methyl/N-ethyl adjacent to an activating group) is 1. The normalized spacial score (nSPS) is 11.7. The molecule has 1 rings (SSSR count). The number of hydrogen-bond acceptors (Lipinski definition) is 3. The molecule has 0 heterocycles. The number of hydrogen-bond donors (Lipinski definition) is 1. The van der Waals surface area contributed by atoms with Gasteiger partial charge >= 0.3 is 0 Å². The molecule has 2 N–H and O–H groups in total. The summed E-state index contributed by atoms with van der Waals surface area (Å²) in [6, 6.07) is 4.92.